The fourth-order valence-electron chi connectivity index (χ4n) is 1.37. The van der Waals surface area contributed by atoms with E-state index in [1.54, 1.807) is 0 Å². The number of Topliss-reactive ketones (excluding diaryl/α,β-unsaturated/α-hetero) is 1. The molecule has 1 atom stereocenters. The van der Waals surface area contributed by atoms with Crippen LogP contribution in [-0.2, 0) is 9.53 Å². The lowest BCUT2D eigenvalue weighted by Crippen LogP contribution is -2.36. The zero-order chi connectivity index (χ0) is 9.84. The number of ketones is 1. The topological polar surface area (TPSA) is 46.6 Å². The van der Waals surface area contributed by atoms with Gasteiger partial charge in [-0.3, -0.25) is 9.69 Å². The largest absolute Gasteiger partial charge is 0.453 e. The van der Waals surface area contributed by atoms with Gasteiger partial charge in [-0.15, -0.1) is 0 Å². The molecule has 0 aromatic carbocycles. The SMILES string of the molecule is COC(=O)N1CC=CC1CC(C)=O. The summed E-state index contributed by atoms with van der Waals surface area (Å²) in [5.74, 6) is 0.0745. The molecule has 1 aliphatic rings. The first kappa shape index (κ1) is 9.77. The number of carbonyl (C=O) groups is 2. The van der Waals surface area contributed by atoms with Gasteiger partial charge in [0.05, 0.1) is 13.2 Å². The number of hydrogen-bond acceptors (Lipinski definition) is 3. The molecule has 0 N–H and O–H groups in total. The first-order valence-electron chi connectivity index (χ1n) is 4.16. The minimum Gasteiger partial charge on any atom is -0.453 e. The predicted octanol–water partition coefficient (Wildman–Crippen LogP) is 0.972. The van der Waals surface area contributed by atoms with Gasteiger partial charge in [0.25, 0.3) is 0 Å². The van der Waals surface area contributed by atoms with Crippen molar-refractivity contribution in [3.63, 3.8) is 0 Å². The van der Waals surface area contributed by atoms with Crippen molar-refractivity contribution in [1.29, 1.82) is 0 Å². The van der Waals surface area contributed by atoms with Crippen molar-refractivity contribution in [1.82, 2.24) is 4.90 Å². The summed E-state index contributed by atoms with van der Waals surface area (Å²) >= 11 is 0. The zero-order valence-electron chi connectivity index (χ0n) is 7.82. The molecule has 1 rings (SSSR count). The molecule has 1 aliphatic heterocycles. The van der Waals surface area contributed by atoms with Crippen molar-refractivity contribution < 1.29 is 14.3 Å². The van der Waals surface area contributed by atoms with Crippen LogP contribution in [0.5, 0.6) is 0 Å². The van der Waals surface area contributed by atoms with E-state index in [2.05, 4.69) is 4.74 Å². The van der Waals surface area contributed by atoms with Crippen LogP contribution in [0.2, 0.25) is 0 Å². The molecular weight excluding hydrogens is 170 g/mol. The van der Waals surface area contributed by atoms with Crippen molar-refractivity contribution in [2.75, 3.05) is 13.7 Å². The Morgan fingerprint density at radius 1 is 1.62 bits per heavy atom. The third-order valence-electron chi connectivity index (χ3n) is 1.97. The molecule has 0 spiro atoms. The minimum absolute atomic E-state index is 0.0745. The van der Waals surface area contributed by atoms with E-state index < -0.39 is 0 Å². The number of carbonyl (C=O) groups excluding carboxylic acids is 2. The van der Waals surface area contributed by atoms with E-state index in [0.717, 1.165) is 0 Å². The summed E-state index contributed by atoms with van der Waals surface area (Å²) in [7, 11) is 1.34. The first-order chi connectivity index (χ1) is 6.15. The molecule has 0 bridgehead atoms. The highest BCUT2D eigenvalue weighted by molar-refractivity contribution is 5.78. The molecule has 4 nitrogen and oxygen atoms in total. The van der Waals surface area contributed by atoms with Crippen LogP contribution in [0.15, 0.2) is 12.2 Å². The molecule has 0 saturated heterocycles. The van der Waals surface area contributed by atoms with Gasteiger partial charge in [0.2, 0.25) is 0 Å². The van der Waals surface area contributed by atoms with Crippen molar-refractivity contribution >= 4 is 11.9 Å². The third kappa shape index (κ3) is 2.31. The lowest BCUT2D eigenvalue weighted by molar-refractivity contribution is -0.117. The Morgan fingerprint density at radius 2 is 2.31 bits per heavy atom. The van der Waals surface area contributed by atoms with Gasteiger partial charge in [-0.1, -0.05) is 12.2 Å². The molecule has 4 heteroatoms. The van der Waals surface area contributed by atoms with Crippen LogP contribution in [0.4, 0.5) is 4.79 Å². The minimum atomic E-state index is -0.378. The maximum absolute atomic E-state index is 11.2. The molecule has 1 heterocycles. The monoisotopic (exact) mass is 183 g/mol. The van der Waals surface area contributed by atoms with Crippen molar-refractivity contribution in [3.8, 4) is 0 Å². The van der Waals surface area contributed by atoms with Gasteiger partial charge in [-0.05, 0) is 6.92 Å². The van der Waals surface area contributed by atoms with Gasteiger partial charge in [0.1, 0.15) is 5.78 Å². The smallest absolute Gasteiger partial charge is 0.410 e. The quantitative estimate of drug-likeness (QED) is 0.599. The maximum atomic E-state index is 11.2. The van der Waals surface area contributed by atoms with E-state index in [1.165, 1.54) is 18.9 Å². The van der Waals surface area contributed by atoms with Gasteiger partial charge in [0.15, 0.2) is 0 Å². The summed E-state index contributed by atoms with van der Waals surface area (Å²) in [4.78, 5) is 23.5. The number of nitrogens with zero attached hydrogens (tertiary/aromatic N) is 1. The Morgan fingerprint density at radius 3 is 2.85 bits per heavy atom. The van der Waals surface area contributed by atoms with Gasteiger partial charge in [0, 0.05) is 13.0 Å². The Balaban J connectivity index is 2.57. The van der Waals surface area contributed by atoms with Gasteiger partial charge in [-0.2, -0.15) is 0 Å². The van der Waals surface area contributed by atoms with E-state index >= 15 is 0 Å². The van der Waals surface area contributed by atoms with Crippen LogP contribution >= 0.6 is 0 Å². The van der Waals surface area contributed by atoms with Crippen LogP contribution in [0.25, 0.3) is 0 Å². The highest BCUT2D eigenvalue weighted by Crippen LogP contribution is 2.14. The number of methoxy groups -OCH3 is 1. The summed E-state index contributed by atoms with van der Waals surface area (Å²) in [6.45, 7) is 2.05. The molecular formula is C9H13NO3. The van der Waals surface area contributed by atoms with Crippen LogP contribution in [0, 0.1) is 0 Å². The summed E-state index contributed by atoms with van der Waals surface area (Å²) in [6, 6.07) is -0.120. The average molecular weight is 183 g/mol. The molecule has 0 radical (unpaired) electrons. The van der Waals surface area contributed by atoms with Crippen molar-refractivity contribution in [3.05, 3.63) is 12.2 Å². The van der Waals surface area contributed by atoms with E-state index in [9.17, 15) is 9.59 Å². The third-order valence-corrected chi connectivity index (χ3v) is 1.97. The molecule has 1 unspecified atom stereocenters. The fourth-order valence-corrected chi connectivity index (χ4v) is 1.37. The lowest BCUT2D eigenvalue weighted by atomic mass is 10.1. The summed E-state index contributed by atoms with van der Waals surface area (Å²) in [5, 5.41) is 0. The highest BCUT2D eigenvalue weighted by atomic mass is 16.5. The second kappa shape index (κ2) is 4.07. The number of hydrogen-bond donors (Lipinski definition) is 0. The molecule has 72 valence electrons. The first-order valence-corrected chi connectivity index (χ1v) is 4.16. The number of amides is 1. The Kier molecular flexibility index (Phi) is 3.06. The zero-order valence-corrected chi connectivity index (χ0v) is 7.82. The maximum Gasteiger partial charge on any atom is 0.410 e. The van der Waals surface area contributed by atoms with E-state index in [1.807, 2.05) is 12.2 Å². The van der Waals surface area contributed by atoms with Crippen molar-refractivity contribution in [2.24, 2.45) is 0 Å². The van der Waals surface area contributed by atoms with Crippen LogP contribution < -0.4 is 0 Å². The molecule has 13 heavy (non-hydrogen) atoms. The van der Waals surface area contributed by atoms with Crippen LogP contribution in [0.3, 0.4) is 0 Å². The molecule has 0 aromatic heterocycles. The molecule has 0 aliphatic carbocycles. The fraction of sp³-hybridized carbons (Fsp3) is 0.556. The Labute approximate surface area is 77.2 Å². The second-order valence-electron chi connectivity index (χ2n) is 3.02. The van der Waals surface area contributed by atoms with E-state index in [4.69, 9.17) is 0 Å². The highest BCUT2D eigenvalue weighted by Gasteiger charge is 2.25. The summed E-state index contributed by atoms with van der Waals surface area (Å²) < 4.78 is 4.58. The van der Waals surface area contributed by atoms with Crippen molar-refractivity contribution in [2.45, 2.75) is 19.4 Å². The Hall–Kier alpha value is -1.32. The summed E-state index contributed by atoms with van der Waals surface area (Å²) in [6.07, 6.45) is 3.71. The second-order valence-corrected chi connectivity index (χ2v) is 3.02. The van der Waals surface area contributed by atoms with Gasteiger partial charge in [-0.25, -0.2) is 4.79 Å². The average Bonchev–Trinajstić information content (AvgIpc) is 2.50. The number of ether oxygens (including phenoxy) is 1. The molecule has 0 fully saturated rings. The molecule has 0 aromatic rings. The van der Waals surface area contributed by atoms with Gasteiger partial charge < -0.3 is 4.74 Å². The Bertz CT molecular complexity index is 247. The molecule has 0 saturated carbocycles. The summed E-state index contributed by atoms with van der Waals surface area (Å²) in [5.41, 5.74) is 0. The number of rotatable bonds is 2. The normalized spacial score (nSPS) is 20.5. The standard InChI is InChI=1S/C9H13NO3/c1-7(11)6-8-4-3-5-10(8)9(12)13-2/h3-4,8H,5-6H2,1-2H3. The van der Waals surface area contributed by atoms with Crippen LogP contribution in [-0.4, -0.2) is 36.5 Å². The molecule has 1 amide bonds. The van der Waals surface area contributed by atoms with Gasteiger partial charge >= 0.3 is 6.09 Å². The van der Waals surface area contributed by atoms with E-state index in [-0.39, 0.29) is 17.9 Å². The lowest BCUT2D eigenvalue weighted by Gasteiger charge is -2.21. The predicted molar refractivity (Wildman–Crippen MR) is 47.3 cm³/mol. The van der Waals surface area contributed by atoms with Crippen LogP contribution in [0.1, 0.15) is 13.3 Å². The van der Waals surface area contributed by atoms with E-state index in [0.29, 0.717) is 13.0 Å².